The van der Waals surface area contributed by atoms with Gasteiger partial charge < -0.3 is 11.1 Å². The van der Waals surface area contributed by atoms with Crippen molar-refractivity contribution >= 4 is 11.5 Å². The Bertz CT molecular complexity index is 535. The number of aromatic nitrogens is 1. The molecule has 0 spiro atoms. The van der Waals surface area contributed by atoms with E-state index in [1.165, 1.54) is 11.1 Å². The highest BCUT2D eigenvalue weighted by atomic mass is 15.0. The molecule has 0 fully saturated rings. The minimum atomic E-state index is 0.816. The molecule has 1 heterocycles. The van der Waals surface area contributed by atoms with Crippen LogP contribution in [0.1, 0.15) is 16.8 Å². The van der Waals surface area contributed by atoms with E-state index in [9.17, 15) is 0 Å². The fraction of sp³-hybridized carbons (Fsp3) is 0.267. The number of aryl methyl sites for hydroxylation is 2. The van der Waals surface area contributed by atoms with E-state index in [-0.39, 0.29) is 0 Å². The van der Waals surface area contributed by atoms with Gasteiger partial charge in [-0.1, -0.05) is 18.2 Å². The molecule has 0 atom stereocenters. The van der Waals surface area contributed by atoms with E-state index in [1.807, 2.05) is 31.2 Å². The molecule has 0 amide bonds. The Kier molecular flexibility index (Phi) is 3.82. The van der Waals surface area contributed by atoms with Gasteiger partial charge in [0, 0.05) is 17.9 Å². The molecule has 3 heteroatoms. The van der Waals surface area contributed by atoms with Crippen molar-refractivity contribution < 1.29 is 0 Å². The Balaban J connectivity index is 1.90. The number of hydrogen-bond acceptors (Lipinski definition) is 3. The van der Waals surface area contributed by atoms with Gasteiger partial charge in [0.2, 0.25) is 0 Å². The second kappa shape index (κ2) is 5.54. The first-order chi connectivity index (χ1) is 8.65. The van der Waals surface area contributed by atoms with Crippen LogP contribution in [0.5, 0.6) is 0 Å². The van der Waals surface area contributed by atoms with E-state index in [1.54, 1.807) is 0 Å². The minimum Gasteiger partial charge on any atom is -0.399 e. The topological polar surface area (TPSA) is 50.9 Å². The van der Waals surface area contributed by atoms with Crippen molar-refractivity contribution in [3.8, 4) is 0 Å². The van der Waals surface area contributed by atoms with E-state index < -0.39 is 0 Å². The van der Waals surface area contributed by atoms with Crippen LogP contribution in [0.4, 0.5) is 11.5 Å². The second-order valence-electron chi connectivity index (χ2n) is 4.52. The maximum Gasteiger partial charge on any atom is 0.126 e. The maximum absolute atomic E-state index is 5.75. The Labute approximate surface area is 108 Å². The molecule has 18 heavy (non-hydrogen) atoms. The highest BCUT2D eigenvalue weighted by Gasteiger charge is 1.98. The molecule has 0 bridgehead atoms. The molecule has 94 valence electrons. The fourth-order valence-corrected chi connectivity index (χ4v) is 1.81. The lowest BCUT2D eigenvalue weighted by Crippen LogP contribution is -2.07. The Morgan fingerprint density at radius 1 is 1.17 bits per heavy atom. The van der Waals surface area contributed by atoms with Crippen LogP contribution in [0.2, 0.25) is 0 Å². The molecule has 2 rings (SSSR count). The molecule has 0 unspecified atom stereocenters. The zero-order valence-corrected chi connectivity index (χ0v) is 10.9. The summed E-state index contributed by atoms with van der Waals surface area (Å²) in [5.74, 6) is 0.932. The van der Waals surface area contributed by atoms with Crippen molar-refractivity contribution in [2.45, 2.75) is 20.3 Å². The number of nitrogens with two attached hydrogens (primary N) is 1. The number of nitrogen functional groups attached to an aromatic ring is 1. The average molecular weight is 241 g/mol. The SMILES string of the molecule is Cc1ccc(NCCc2cccc(N)c2)nc1C. The third-order valence-corrected chi connectivity index (χ3v) is 3.02. The molecular formula is C15H19N3. The summed E-state index contributed by atoms with van der Waals surface area (Å²) in [6.45, 7) is 4.95. The Hall–Kier alpha value is -2.03. The molecule has 0 aliphatic heterocycles. The molecule has 0 saturated heterocycles. The predicted molar refractivity (Wildman–Crippen MR) is 76.8 cm³/mol. The molecule has 3 nitrogen and oxygen atoms in total. The molecule has 1 aromatic heterocycles. The van der Waals surface area contributed by atoms with E-state index in [0.717, 1.165) is 30.2 Å². The summed E-state index contributed by atoms with van der Waals surface area (Å²) in [6, 6.07) is 12.1. The van der Waals surface area contributed by atoms with Crippen LogP contribution in [-0.2, 0) is 6.42 Å². The lowest BCUT2D eigenvalue weighted by atomic mass is 10.1. The zero-order valence-electron chi connectivity index (χ0n) is 10.9. The summed E-state index contributed by atoms with van der Waals surface area (Å²) in [6.07, 6.45) is 0.944. The number of hydrogen-bond donors (Lipinski definition) is 2. The van der Waals surface area contributed by atoms with E-state index in [4.69, 9.17) is 5.73 Å². The van der Waals surface area contributed by atoms with E-state index >= 15 is 0 Å². The lowest BCUT2D eigenvalue weighted by Gasteiger charge is -2.08. The molecular weight excluding hydrogens is 222 g/mol. The predicted octanol–water partition coefficient (Wildman–Crippen LogP) is 2.94. The monoisotopic (exact) mass is 241 g/mol. The first-order valence-corrected chi connectivity index (χ1v) is 6.18. The molecule has 1 aromatic carbocycles. The van der Waals surface area contributed by atoms with Gasteiger partial charge in [-0.05, 0) is 49.6 Å². The number of pyridine rings is 1. The van der Waals surface area contributed by atoms with Crippen molar-refractivity contribution in [2.75, 3.05) is 17.6 Å². The number of benzene rings is 1. The van der Waals surface area contributed by atoms with E-state index in [0.29, 0.717) is 0 Å². The fourth-order valence-electron chi connectivity index (χ4n) is 1.81. The van der Waals surface area contributed by atoms with Gasteiger partial charge in [-0.15, -0.1) is 0 Å². The van der Waals surface area contributed by atoms with Crippen LogP contribution >= 0.6 is 0 Å². The second-order valence-corrected chi connectivity index (χ2v) is 4.52. The first kappa shape index (κ1) is 12.4. The zero-order chi connectivity index (χ0) is 13.0. The third kappa shape index (κ3) is 3.23. The average Bonchev–Trinajstić information content (AvgIpc) is 2.34. The van der Waals surface area contributed by atoms with Crippen molar-refractivity contribution in [1.82, 2.24) is 4.98 Å². The normalized spacial score (nSPS) is 10.3. The summed E-state index contributed by atoms with van der Waals surface area (Å²) in [5, 5.41) is 3.33. The quantitative estimate of drug-likeness (QED) is 0.809. The number of anilines is 2. The molecule has 0 radical (unpaired) electrons. The first-order valence-electron chi connectivity index (χ1n) is 6.18. The molecule has 0 saturated carbocycles. The summed E-state index contributed by atoms with van der Waals surface area (Å²) >= 11 is 0. The number of nitrogens with one attached hydrogen (secondary N) is 1. The summed E-state index contributed by atoms with van der Waals surface area (Å²) in [7, 11) is 0. The van der Waals surface area contributed by atoms with Gasteiger partial charge in [0.15, 0.2) is 0 Å². The van der Waals surface area contributed by atoms with E-state index in [2.05, 4.69) is 29.4 Å². The van der Waals surface area contributed by atoms with Gasteiger partial charge in [0.1, 0.15) is 5.82 Å². The van der Waals surface area contributed by atoms with Crippen LogP contribution < -0.4 is 11.1 Å². The van der Waals surface area contributed by atoms with Gasteiger partial charge in [-0.25, -0.2) is 4.98 Å². The van der Waals surface area contributed by atoms with Crippen LogP contribution in [-0.4, -0.2) is 11.5 Å². The highest BCUT2D eigenvalue weighted by Crippen LogP contribution is 2.10. The molecule has 3 N–H and O–H groups in total. The lowest BCUT2D eigenvalue weighted by molar-refractivity contribution is 0.998. The standard InChI is InChI=1S/C15H19N3/c1-11-6-7-15(18-12(11)2)17-9-8-13-4-3-5-14(16)10-13/h3-7,10H,8-9,16H2,1-2H3,(H,17,18). The molecule has 2 aromatic rings. The smallest absolute Gasteiger partial charge is 0.126 e. The van der Waals surface area contributed by atoms with Gasteiger partial charge in [0.25, 0.3) is 0 Å². The van der Waals surface area contributed by atoms with Gasteiger partial charge in [0.05, 0.1) is 0 Å². The Morgan fingerprint density at radius 2 is 2.00 bits per heavy atom. The highest BCUT2D eigenvalue weighted by molar-refractivity contribution is 5.41. The minimum absolute atomic E-state index is 0.816. The number of rotatable bonds is 4. The largest absolute Gasteiger partial charge is 0.399 e. The summed E-state index contributed by atoms with van der Waals surface area (Å²) < 4.78 is 0. The summed E-state index contributed by atoms with van der Waals surface area (Å²) in [5.41, 5.74) is 10.1. The van der Waals surface area contributed by atoms with Crippen LogP contribution in [0.25, 0.3) is 0 Å². The van der Waals surface area contributed by atoms with Crippen molar-refractivity contribution in [1.29, 1.82) is 0 Å². The van der Waals surface area contributed by atoms with Crippen LogP contribution in [0.15, 0.2) is 36.4 Å². The third-order valence-electron chi connectivity index (χ3n) is 3.02. The number of nitrogens with zero attached hydrogens (tertiary/aromatic N) is 1. The van der Waals surface area contributed by atoms with Gasteiger partial charge >= 0.3 is 0 Å². The summed E-state index contributed by atoms with van der Waals surface area (Å²) in [4.78, 5) is 4.49. The van der Waals surface area contributed by atoms with Crippen molar-refractivity contribution in [2.24, 2.45) is 0 Å². The molecule has 0 aliphatic rings. The van der Waals surface area contributed by atoms with Crippen molar-refractivity contribution in [3.63, 3.8) is 0 Å². The van der Waals surface area contributed by atoms with Gasteiger partial charge in [-0.2, -0.15) is 0 Å². The molecule has 0 aliphatic carbocycles. The Morgan fingerprint density at radius 3 is 2.72 bits per heavy atom. The maximum atomic E-state index is 5.75. The van der Waals surface area contributed by atoms with Crippen molar-refractivity contribution in [3.05, 3.63) is 53.2 Å². The van der Waals surface area contributed by atoms with Crippen LogP contribution in [0.3, 0.4) is 0 Å². The van der Waals surface area contributed by atoms with Gasteiger partial charge in [-0.3, -0.25) is 0 Å². The van der Waals surface area contributed by atoms with Crippen LogP contribution in [0, 0.1) is 13.8 Å².